The van der Waals surface area contributed by atoms with Crippen molar-refractivity contribution in [3.63, 3.8) is 0 Å². The van der Waals surface area contributed by atoms with Gasteiger partial charge in [0.1, 0.15) is 0 Å². The molecule has 2 rings (SSSR count). The second kappa shape index (κ2) is 7.00. The second-order valence-electron chi connectivity index (χ2n) is 5.76. The van der Waals surface area contributed by atoms with Crippen molar-refractivity contribution in [1.29, 1.82) is 0 Å². The molecule has 21 heavy (non-hydrogen) atoms. The van der Waals surface area contributed by atoms with Crippen LogP contribution in [0.3, 0.4) is 0 Å². The van der Waals surface area contributed by atoms with Gasteiger partial charge in [0.15, 0.2) is 0 Å². The average Bonchev–Trinajstić information content (AvgIpc) is 2.91. The van der Waals surface area contributed by atoms with E-state index in [2.05, 4.69) is 10.3 Å². The molecule has 0 bridgehead atoms. The molecule has 0 aromatic carbocycles. The Morgan fingerprint density at radius 3 is 2.57 bits per heavy atom. The largest absolute Gasteiger partial charge is 0.391 e. The van der Waals surface area contributed by atoms with E-state index in [4.69, 9.17) is 0 Å². The van der Waals surface area contributed by atoms with Crippen LogP contribution in [0.2, 0.25) is 0 Å². The zero-order chi connectivity index (χ0) is 15.3. The first-order chi connectivity index (χ1) is 9.95. The Morgan fingerprint density at radius 1 is 1.29 bits per heavy atom. The van der Waals surface area contributed by atoms with Crippen molar-refractivity contribution in [2.24, 2.45) is 11.8 Å². The smallest absolute Gasteiger partial charge is 0.365 e. The lowest BCUT2D eigenvalue weighted by Crippen LogP contribution is -2.31. The Hall–Kier alpha value is -1.46. The summed E-state index contributed by atoms with van der Waals surface area (Å²) in [6, 6.07) is 3.85. The number of hydrogen-bond acceptors (Lipinski definition) is 1. The number of amides is 1. The topological polar surface area (TPSA) is 44.9 Å². The van der Waals surface area contributed by atoms with Gasteiger partial charge in [-0.25, -0.2) is 0 Å². The molecule has 1 aromatic rings. The number of hydrogen-bond donors (Lipinski definition) is 2. The lowest BCUT2D eigenvalue weighted by Gasteiger charge is -2.29. The fraction of sp³-hybridized carbons (Fsp3) is 0.667. The fourth-order valence-corrected chi connectivity index (χ4v) is 2.89. The molecule has 3 nitrogen and oxygen atoms in total. The number of carbonyl (C=O) groups is 1. The molecule has 0 atom stereocenters. The molecule has 1 aliphatic rings. The van der Waals surface area contributed by atoms with Gasteiger partial charge in [-0.15, -0.1) is 0 Å². The molecule has 1 saturated carbocycles. The number of aromatic amines is 1. The van der Waals surface area contributed by atoms with Crippen molar-refractivity contribution in [2.45, 2.75) is 44.7 Å². The Morgan fingerprint density at radius 2 is 2.00 bits per heavy atom. The van der Waals surface area contributed by atoms with E-state index in [-0.39, 0.29) is 24.7 Å². The van der Waals surface area contributed by atoms with Gasteiger partial charge in [0, 0.05) is 31.3 Å². The first kappa shape index (κ1) is 15.9. The molecule has 0 spiro atoms. The molecule has 0 saturated heterocycles. The molecule has 1 aromatic heterocycles. The maximum atomic E-state index is 12.5. The van der Waals surface area contributed by atoms with Crippen molar-refractivity contribution in [2.75, 3.05) is 6.54 Å². The summed E-state index contributed by atoms with van der Waals surface area (Å²) in [6.07, 6.45) is 0.130. The lowest BCUT2D eigenvalue weighted by atomic mass is 9.80. The monoisotopic (exact) mass is 302 g/mol. The molecular formula is C15H21F3N2O. The minimum Gasteiger partial charge on any atom is -0.365 e. The first-order valence-corrected chi connectivity index (χ1v) is 7.41. The maximum Gasteiger partial charge on any atom is 0.391 e. The van der Waals surface area contributed by atoms with Crippen LogP contribution >= 0.6 is 0 Å². The number of halogens is 3. The van der Waals surface area contributed by atoms with Gasteiger partial charge in [-0.1, -0.05) is 0 Å². The molecule has 0 radical (unpaired) electrons. The second-order valence-corrected chi connectivity index (χ2v) is 5.76. The van der Waals surface area contributed by atoms with Crippen LogP contribution in [0.15, 0.2) is 18.3 Å². The Kier molecular flexibility index (Phi) is 5.31. The quantitative estimate of drug-likeness (QED) is 0.860. The van der Waals surface area contributed by atoms with Crippen LogP contribution in [0, 0.1) is 11.8 Å². The van der Waals surface area contributed by atoms with Crippen LogP contribution in [0.5, 0.6) is 0 Å². The van der Waals surface area contributed by atoms with Gasteiger partial charge in [-0.2, -0.15) is 13.2 Å². The Labute approximate surface area is 122 Å². The van der Waals surface area contributed by atoms with E-state index in [0.717, 1.165) is 12.1 Å². The molecule has 1 amide bonds. The van der Waals surface area contributed by atoms with Gasteiger partial charge in [-0.3, -0.25) is 4.79 Å². The van der Waals surface area contributed by atoms with Crippen molar-refractivity contribution < 1.29 is 18.0 Å². The van der Waals surface area contributed by atoms with Crippen LogP contribution in [0.4, 0.5) is 13.2 Å². The summed E-state index contributed by atoms with van der Waals surface area (Å²) < 4.78 is 37.6. The van der Waals surface area contributed by atoms with E-state index in [9.17, 15) is 18.0 Å². The molecule has 0 aliphatic heterocycles. The molecule has 6 heteroatoms. The van der Waals surface area contributed by atoms with Crippen molar-refractivity contribution in [3.8, 4) is 0 Å². The van der Waals surface area contributed by atoms with E-state index in [1.807, 2.05) is 18.3 Å². The van der Waals surface area contributed by atoms with Crippen LogP contribution in [0.1, 0.15) is 37.8 Å². The highest BCUT2D eigenvalue weighted by Crippen LogP contribution is 2.40. The number of carbonyl (C=O) groups excluding carboxylic acids is 1. The van der Waals surface area contributed by atoms with Gasteiger partial charge in [0.25, 0.3) is 0 Å². The van der Waals surface area contributed by atoms with Crippen molar-refractivity contribution in [1.82, 2.24) is 10.3 Å². The zero-order valence-corrected chi connectivity index (χ0v) is 11.9. The molecule has 1 aliphatic carbocycles. The van der Waals surface area contributed by atoms with Crippen LogP contribution < -0.4 is 5.32 Å². The van der Waals surface area contributed by atoms with Crippen LogP contribution in [-0.4, -0.2) is 23.6 Å². The summed E-state index contributed by atoms with van der Waals surface area (Å²) in [5.41, 5.74) is 1.06. The number of aromatic nitrogens is 1. The Bertz CT molecular complexity index is 434. The van der Waals surface area contributed by atoms with E-state index >= 15 is 0 Å². The molecule has 1 fully saturated rings. The van der Waals surface area contributed by atoms with E-state index < -0.39 is 12.1 Å². The average molecular weight is 302 g/mol. The number of H-pyrrole nitrogens is 1. The highest BCUT2D eigenvalue weighted by molar-refractivity contribution is 5.76. The van der Waals surface area contributed by atoms with Crippen molar-refractivity contribution >= 4 is 5.91 Å². The molecule has 2 N–H and O–H groups in total. The van der Waals surface area contributed by atoms with Crippen molar-refractivity contribution in [3.05, 3.63) is 24.0 Å². The normalized spacial score (nSPS) is 23.0. The van der Waals surface area contributed by atoms with Crippen LogP contribution in [0.25, 0.3) is 0 Å². The van der Waals surface area contributed by atoms with E-state index in [0.29, 0.717) is 25.8 Å². The van der Waals surface area contributed by atoms with Gasteiger partial charge in [0.05, 0.1) is 5.92 Å². The zero-order valence-electron chi connectivity index (χ0n) is 11.9. The third-order valence-corrected chi connectivity index (χ3v) is 4.16. The number of nitrogens with one attached hydrogen (secondary N) is 2. The number of alkyl halides is 3. The third-order valence-electron chi connectivity index (χ3n) is 4.16. The highest BCUT2D eigenvalue weighted by Gasteiger charge is 2.41. The molecule has 1 heterocycles. The van der Waals surface area contributed by atoms with Gasteiger partial charge >= 0.3 is 6.18 Å². The summed E-state index contributed by atoms with van der Waals surface area (Å²) in [7, 11) is 0. The third kappa shape index (κ3) is 5.10. The molecule has 0 unspecified atom stereocenters. The molecule has 118 valence electrons. The van der Waals surface area contributed by atoms with Crippen LogP contribution in [-0.2, 0) is 11.2 Å². The minimum atomic E-state index is -4.08. The van der Waals surface area contributed by atoms with Gasteiger partial charge in [-0.05, 0) is 43.7 Å². The SMILES string of the molecule is O=C(CC1CCC(C(F)(F)F)CC1)NCCc1ccc[nH]1. The van der Waals surface area contributed by atoms with Gasteiger partial charge < -0.3 is 10.3 Å². The summed E-state index contributed by atoms with van der Waals surface area (Å²) in [4.78, 5) is 14.8. The summed E-state index contributed by atoms with van der Waals surface area (Å²) in [5.74, 6) is -1.14. The lowest BCUT2D eigenvalue weighted by molar-refractivity contribution is -0.184. The Balaban J connectivity index is 1.63. The molecular weight excluding hydrogens is 281 g/mol. The predicted molar refractivity (Wildman–Crippen MR) is 73.6 cm³/mol. The number of rotatable bonds is 5. The maximum absolute atomic E-state index is 12.5. The first-order valence-electron chi connectivity index (χ1n) is 7.41. The van der Waals surface area contributed by atoms with E-state index in [1.165, 1.54) is 0 Å². The summed E-state index contributed by atoms with van der Waals surface area (Å²) in [5, 5.41) is 2.83. The highest BCUT2D eigenvalue weighted by atomic mass is 19.4. The van der Waals surface area contributed by atoms with E-state index in [1.54, 1.807) is 0 Å². The summed E-state index contributed by atoms with van der Waals surface area (Å²) in [6.45, 7) is 0.553. The predicted octanol–water partition coefficient (Wildman–Crippen LogP) is 3.43. The van der Waals surface area contributed by atoms with Gasteiger partial charge in [0.2, 0.25) is 5.91 Å². The fourth-order valence-electron chi connectivity index (χ4n) is 2.89. The summed E-state index contributed by atoms with van der Waals surface area (Å²) >= 11 is 0. The minimum absolute atomic E-state index is 0.0583. The standard InChI is InChI=1S/C15H21F3N2O/c16-15(17,18)12-5-3-11(4-6-12)10-14(21)20-9-7-13-2-1-8-19-13/h1-2,8,11-12,19H,3-7,9-10H2,(H,20,21).